The highest BCUT2D eigenvalue weighted by molar-refractivity contribution is 6.30. The summed E-state index contributed by atoms with van der Waals surface area (Å²) in [5.41, 5.74) is 1.52. The van der Waals surface area contributed by atoms with Gasteiger partial charge in [-0.15, -0.1) is 0 Å². The van der Waals surface area contributed by atoms with Gasteiger partial charge in [0.25, 0.3) is 5.91 Å². The molecule has 0 spiro atoms. The zero-order valence-electron chi connectivity index (χ0n) is 16.7. The van der Waals surface area contributed by atoms with Crippen molar-refractivity contribution in [2.75, 3.05) is 26.9 Å². The van der Waals surface area contributed by atoms with Crippen molar-refractivity contribution in [3.05, 3.63) is 58.6 Å². The number of carbonyl (C=O) groups excluding carboxylic acids is 1. The Hall–Kier alpha value is -2.24. The Bertz CT molecular complexity index is 747. The van der Waals surface area contributed by atoms with E-state index in [0.717, 1.165) is 18.6 Å². The molecule has 0 aliphatic heterocycles. The summed E-state index contributed by atoms with van der Waals surface area (Å²) in [5.74, 6) is 1.46. The van der Waals surface area contributed by atoms with Gasteiger partial charge in [0.15, 0.2) is 11.5 Å². The first-order valence-electron chi connectivity index (χ1n) is 9.41. The number of hydrogen-bond acceptors (Lipinski definition) is 4. The Morgan fingerprint density at radius 1 is 1.11 bits per heavy atom. The van der Waals surface area contributed by atoms with Crippen molar-refractivity contribution >= 4 is 17.5 Å². The second-order valence-corrected chi connectivity index (χ2v) is 7.30. The Morgan fingerprint density at radius 3 is 2.54 bits per heavy atom. The fourth-order valence-electron chi connectivity index (χ4n) is 2.47. The van der Waals surface area contributed by atoms with Crippen molar-refractivity contribution in [3.8, 4) is 11.5 Å². The highest BCUT2D eigenvalue weighted by Crippen LogP contribution is 2.29. The molecule has 0 saturated carbocycles. The summed E-state index contributed by atoms with van der Waals surface area (Å²) < 4.78 is 16.7. The van der Waals surface area contributed by atoms with Crippen LogP contribution in [0, 0.1) is 5.92 Å². The van der Waals surface area contributed by atoms with Gasteiger partial charge in [-0.3, -0.25) is 4.79 Å². The molecular formula is C22H28ClNO4. The largest absolute Gasteiger partial charge is 0.493 e. The molecule has 0 bridgehead atoms. The maximum Gasteiger partial charge on any atom is 0.251 e. The summed E-state index contributed by atoms with van der Waals surface area (Å²) in [5, 5.41) is 3.58. The van der Waals surface area contributed by atoms with E-state index in [4.69, 9.17) is 25.8 Å². The number of amides is 1. The fraction of sp³-hybridized carbons (Fsp3) is 0.409. The van der Waals surface area contributed by atoms with E-state index in [1.807, 2.05) is 24.3 Å². The lowest BCUT2D eigenvalue weighted by Crippen LogP contribution is -2.25. The van der Waals surface area contributed by atoms with Gasteiger partial charge in [-0.25, -0.2) is 0 Å². The number of carbonyl (C=O) groups is 1. The van der Waals surface area contributed by atoms with Crippen LogP contribution in [0.15, 0.2) is 42.5 Å². The predicted octanol–water partition coefficient (Wildman–Crippen LogP) is 4.72. The van der Waals surface area contributed by atoms with Crippen LogP contribution in [0.1, 0.15) is 36.2 Å². The van der Waals surface area contributed by atoms with E-state index < -0.39 is 0 Å². The lowest BCUT2D eigenvalue weighted by Gasteiger charge is -2.13. The average molecular weight is 406 g/mol. The first-order valence-corrected chi connectivity index (χ1v) is 9.78. The molecule has 0 fully saturated rings. The van der Waals surface area contributed by atoms with E-state index in [9.17, 15) is 4.79 Å². The van der Waals surface area contributed by atoms with Crippen LogP contribution in [0.5, 0.6) is 11.5 Å². The summed E-state index contributed by atoms with van der Waals surface area (Å²) in [4.78, 5) is 12.3. The van der Waals surface area contributed by atoms with Gasteiger partial charge in [0.1, 0.15) is 6.61 Å². The van der Waals surface area contributed by atoms with E-state index >= 15 is 0 Å². The molecule has 0 aromatic heterocycles. The van der Waals surface area contributed by atoms with Crippen LogP contribution < -0.4 is 14.8 Å². The van der Waals surface area contributed by atoms with Crippen LogP contribution in [-0.2, 0) is 11.3 Å². The lowest BCUT2D eigenvalue weighted by molar-refractivity contribution is 0.0924. The molecule has 0 atom stereocenters. The number of halogens is 1. The molecule has 5 nitrogen and oxygen atoms in total. The SMILES string of the molecule is COc1cc(C(=O)NCCCOCC(C)C)ccc1OCc1ccc(Cl)cc1. The Balaban J connectivity index is 1.85. The minimum absolute atomic E-state index is 0.147. The fourth-order valence-corrected chi connectivity index (χ4v) is 2.59. The number of methoxy groups -OCH3 is 1. The molecule has 28 heavy (non-hydrogen) atoms. The molecule has 0 radical (unpaired) electrons. The minimum Gasteiger partial charge on any atom is -0.493 e. The van der Waals surface area contributed by atoms with E-state index in [1.165, 1.54) is 0 Å². The third kappa shape index (κ3) is 7.41. The third-order valence-corrected chi connectivity index (χ3v) is 4.19. The van der Waals surface area contributed by atoms with Gasteiger partial charge in [-0.1, -0.05) is 37.6 Å². The lowest BCUT2D eigenvalue weighted by atomic mass is 10.2. The first-order chi connectivity index (χ1) is 13.5. The van der Waals surface area contributed by atoms with Crippen LogP contribution in [-0.4, -0.2) is 32.8 Å². The zero-order chi connectivity index (χ0) is 20.4. The average Bonchev–Trinajstić information content (AvgIpc) is 2.69. The quantitative estimate of drug-likeness (QED) is 0.549. The maximum atomic E-state index is 12.3. The molecule has 0 heterocycles. The molecule has 0 saturated heterocycles. The van der Waals surface area contributed by atoms with Gasteiger partial charge in [0.2, 0.25) is 0 Å². The zero-order valence-corrected chi connectivity index (χ0v) is 17.4. The Morgan fingerprint density at radius 2 is 1.86 bits per heavy atom. The van der Waals surface area contributed by atoms with Gasteiger partial charge < -0.3 is 19.5 Å². The number of nitrogens with one attached hydrogen (secondary N) is 1. The predicted molar refractivity (Wildman–Crippen MR) is 111 cm³/mol. The number of benzene rings is 2. The maximum absolute atomic E-state index is 12.3. The van der Waals surface area contributed by atoms with Crippen molar-refractivity contribution in [2.24, 2.45) is 5.92 Å². The van der Waals surface area contributed by atoms with Crippen molar-refractivity contribution < 1.29 is 19.0 Å². The standard InChI is InChI=1S/C22H28ClNO4/c1-16(2)14-27-12-4-11-24-22(25)18-7-10-20(21(13-18)26-3)28-15-17-5-8-19(23)9-6-17/h5-10,13,16H,4,11-12,14-15H2,1-3H3,(H,24,25). The van der Waals surface area contributed by atoms with Crippen molar-refractivity contribution in [2.45, 2.75) is 26.9 Å². The van der Waals surface area contributed by atoms with Gasteiger partial charge in [0.05, 0.1) is 7.11 Å². The number of rotatable bonds is 11. The molecule has 0 aliphatic rings. The van der Waals surface area contributed by atoms with Gasteiger partial charge in [-0.05, 0) is 48.2 Å². The highest BCUT2D eigenvalue weighted by atomic mass is 35.5. The van der Waals surface area contributed by atoms with Crippen LogP contribution in [0.3, 0.4) is 0 Å². The van der Waals surface area contributed by atoms with Crippen LogP contribution in [0.2, 0.25) is 5.02 Å². The highest BCUT2D eigenvalue weighted by Gasteiger charge is 2.11. The van der Waals surface area contributed by atoms with Crippen LogP contribution >= 0.6 is 11.6 Å². The smallest absolute Gasteiger partial charge is 0.251 e. The number of hydrogen-bond donors (Lipinski definition) is 1. The molecule has 2 rings (SSSR count). The van der Waals surface area contributed by atoms with E-state index in [-0.39, 0.29) is 5.91 Å². The summed E-state index contributed by atoms with van der Waals surface area (Å²) in [6.45, 7) is 6.54. The normalized spacial score (nSPS) is 10.8. The topological polar surface area (TPSA) is 56.8 Å². The summed E-state index contributed by atoms with van der Waals surface area (Å²) in [6.07, 6.45) is 0.776. The van der Waals surface area contributed by atoms with Gasteiger partial charge in [0, 0.05) is 30.3 Å². The third-order valence-electron chi connectivity index (χ3n) is 3.94. The molecule has 2 aromatic carbocycles. The first kappa shape index (κ1) is 22.1. The van der Waals surface area contributed by atoms with Gasteiger partial charge in [-0.2, -0.15) is 0 Å². The van der Waals surface area contributed by atoms with E-state index in [1.54, 1.807) is 25.3 Å². The Labute approximate surface area is 171 Å². The van der Waals surface area contributed by atoms with Crippen molar-refractivity contribution in [3.63, 3.8) is 0 Å². The molecule has 1 amide bonds. The molecule has 152 valence electrons. The van der Waals surface area contributed by atoms with Crippen LogP contribution in [0.25, 0.3) is 0 Å². The monoisotopic (exact) mass is 405 g/mol. The summed E-state index contributed by atoms with van der Waals surface area (Å²) in [7, 11) is 1.55. The summed E-state index contributed by atoms with van der Waals surface area (Å²) >= 11 is 5.89. The van der Waals surface area contributed by atoms with Crippen molar-refractivity contribution in [1.82, 2.24) is 5.32 Å². The minimum atomic E-state index is -0.147. The van der Waals surface area contributed by atoms with Crippen LogP contribution in [0.4, 0.5) is 0 Å². The summed E-state index contributed by atoms with van der Waals surface area (Å²) in [6, 6.07) is 12.6. The molecule has 0 unspecified atom stereocenters. The second kappa shape index (κ2) is 11.6. The molecule has 6 heteroatoms. The molecule has 2 aromatic rings. The Kier molecular flexibility index (Phi) is 9.11. The van der Waals surface area contributed by atoms with E-state index in [2.05, 4.69) is 19.2 Å². The van der Waals surface area contributed by atoms with Gasteiger partial charge >= 0.3 is 0 Å². The molecular weight excluding hydrogens is 378 g/mol. The molecule has 1 N–H and O–H groups in total. The number of ether oxygens (including phenoxy) is 3. The van der Waals surface area contributed by atoms with Crippen molar-refractivity contribution in [1.29, 1.82) is 0 Å². The van der Waals surface area contributed by atoms with E-state index in [0.29, 0.717) is 47.8 Å². The second-order valence-electron chi connectivity index (χ2n) is 6.86. The molecule has 0 aliphatic carbocycles.